The van der Waals surface area contributed by atoms with Gasteiger partial charge in [-0.2, -0.15) is 0 Å². The standard InChI is InChI=1S/C11H15ClN2/c1-9-2-3-11(13-8-9)14-6-4-10(12)5-7-14/h2-3,8,10H,4-7H2,1H3. The minimum absolute atomic E-state index is 0.358. The fraction of sp³-hybridized carbons (Fsp3) is 0.545. The average molecular weight is 211 g/mol. The van der Waals surface area contributed by atoms with E-state index < -0.39 is 0 Å². The summed E-state index contributed by atoms with van der Waals surface area (Å²) >= 11 is 6.05. The highest BCUT2D eigenvalue weighted by Gasteiger charge is 2.17. The smallest absolute Gasteiger partial charge is 0.128 e. The summed E-state index contributed by atoms with van der Waals surface area (Å²) in [6.07, 6.45) is 4.05. The number of alkyl halides is 1. The Kier molecular flexibility index (Phi) is 2.92. The van der Waals surface area contributed by atoms with Gasteiger partial charge in [0.2, 0.25) is 0 Å². The first kappa shape index (κ1) is 9.78. The molecule has 0 unspecified atom stereocenters. The molecule has 0 radical (unpaired) electrons. The number of nitrogens with zero attached hydrogens (tertiary/aromatic N) is 2. The van der Waals surface area contributed by atoms with Crippen molar-refractivity contribution in [3.8, 4) is 0 Å². The molecule has 0 aromatic carbocycles. The van der Waals surface area contributed by atoms with Crippen LogP contribution in [0.25, 0.3) is 0 Å². The molecule has 0 saturated carbocycles. The van der Waals surface area contributed by atoms with Gasteiger partial charge < -0.3 is 4.90 Å². The zero-order chi connectivity index (χ0) is 9.97. The Morgan fingerprint density at radius 1 is 1.36 bits per heavy atom. The van der Waals surface area contributed by atoms with Crippen molar-refractivity contribution in [2.75, 3.05) is 18.0 Å². The molecule has 1 aromatic rings. The number of hydrogen-bond acceptors (Lipinski definition) is 2. The molecule has 0 N–H and O–H groups in total. The van der Waals surface area contributed by atoms with Crippen LogP contribution in [-0.4, -0.2) is 23.5 Å². The summed E-state index contributed by atoms with van der Waals surface area (Å²) in [5.41, 5.74) is 1.21. The van der Waals surface area contributed by atoms with Crippen LogP contribution in [0, 0.1) is 6.92 Å². The molecule has 76 valence electrons. The van der Waals surface area contributed by atoms with Gasteiger partial charge in [0.15, 0.2) is 0 Å². The van der Waals surface area contributed by atoms with Crippen LogP contribution in [0.4, 0.5) is 5.82 Å². The van der Waals surface area contributed by atoms with Gasteiger partial charge >= 0.3 is 0 Å². The number of piperidine rings is 1. The Morgan fingerprint density at radius 3 is 2.64 bits per heavy atom. The summed E-state index contributed by atoms with van der Waals surface area (Å²) in [5, 5.41) is 0.358. The van der Waals surface area contributed by atoms with Gasteiger partial charge in [0, 0.05) is 24.7 Å². The quantitative estimate of drug-likeness (QED) is 0.663. The number of pyridine rings is 1. The highest BCUT2D eigenvalue weighted by atomic mass is 35.5. The third kappa shape index (κ3) is 2.18. The fourth-order valence-corrected chi connectivity index (χ4v) is 1.92. The van der Waals surface area contributed by atoms with Gasteiger partial charge in [-0.1, -0.05) is 6.07 Å². The van der Waals surface area contributed by atoms with E-state index in [4.69, 9.17) is 11.6 Å². The Labute approximate surface area is 89.9 Å². The Balaban J connectivity index is 2.05. The van der Waals surface area contributed by atoms with Gasteiger partial charge in [-0.3, -0.25) is 0 Å². The van der Waals surface area contributed by atoms with Gasteiger partial charge in [-0.05, 0) is 31.4 Å². The number of hydrogen-bond donors (Lipinski definition) is 0. The summed E-state index contributed by atoms with van der Waals surface area (Å²) < 4.78 is 0. The molecular formula is C11H15ClN2. The molecule has 1 aliphatic heterocycles. The summed E-state index contributed by atoms with van der Waals surface area (Å²) in [4.78, 5) is 6.71. The van der Waals surface area contributed by atoms with E-state index in [1.54, 1.807) is 0 Å². The fourth-order valence-electron chi connectivity index (χ4n) is 1.72. The predicted octanol–water partition coefficient (Wildman–Crippen LogP) is 2.60. The lowest BCUT2D eigenvalue weighted by Gasteiger charge is -2.30. The van der Waals surface area contributed by atoms with E-state index in [9.17, 15) is 0 Å². The predicted molar refractivity (Wildman–Crippen MR) is 60.1 cm³/mol. The van der Waals surface area contributed by atoms with E-state index in [-0.39, 0.29) is 0 Å². The van der Waals surface area contributed by atoms with Crippen molar-refractivity contribution >= 4 is 17.4 Å². The van der Waals surface area contributed by atoms with Crippen molar-refractivity contribution < 1.29 is 0 Å². The highest BCUT2D eigenvalue weighted by molar-refractivity contribution is 6.20. The molecule has 0 bridgehead atoms. The Bertz CT molecular complexity index is 289. The normalized spacial score (nSPS) is 18.6. The highest BCUT2D eigenvalue weighted by Crippen LogP contribution is 2.20. The molecule has 0 spiro atoms. The lowest BCUT2D eigenvalue weighted by molar-refractivity contribution is 0.580. The molecule has 0 aliphatic carbocycles. The largest absolute Gasteiger partial charge is 0.357 e. The summed E-state index contributed by atoms with van der Waals surface area (Å²) in [5.74, 6) is 1.08. The average Bonchev–Trinajstić information content (AvgIpc) is 2.21. The summed E-state index contributed by atoms with van der Waals surface area (Å²) in [6, 6.07) is 4.19. The molecule has 2 heterocycles. The minimum Gasteiger partial charge on any atom is -0.357 e. The Morgan fingerprint density at radius 2 is 2.07 bits per heavy atom. The second kappa shape index (κ2) is 4.18. The van der Waals surface area contributed by atoms with Crippen LogP contribution >= 0.6 is 11.6 Å². The summed E-state index contributed by atoms with van der Waals surface area (Å²) in [6.45, 7) is 4.12. The third-order valence-electron chi connectivity index (χ3n) is 2.64. The number of aromatic nitrogens is 1. The zero-order valence-corrected chi connectivity index (χ0v) is 9.17. The van der Waals surface area contributed by atoms with Gasteiger partial charge in [0.1, 0.15) is 5.82 Å². The molecule has 0 amide bonds. The molecule has 14 heavy (non-hydrogen) atoms. The van der Waals surface area contributed by atoms with Crippen molar-refractivity contribution in [1.82, 2.24) is 4.98 Å². The first-order valence-electron chi connectivity index (χ1n) is 5.07. The molecule has 1 saturated heterocycles. The third-order valence-corrected chi connectivity index (χ3v) is 3.08. The van der Waals surface area contributed by atoms with Gasteiger partial charge in [-0.25, -0.2) is 4.98 Å². The SMILES string of the molecule is Cc1ccc(N2CCC(Cl)CC2)nc1. The monoisotopic (exact) mass is 210 g/mol. The molecule has 1 fully saturated rings. The second-order valence-corrected chi connectivity index (χ2v) is 4.47. The van der Waals surface area contributed by atoms with Crippen LogP contribution in [-0.2, 0) is 0 Å². The maximum absolute atomic E-state index is 6.05. The van der Waals surface area contributed by atoms with Gasteiger partial charge in [0.25, 0.3) is 0 Å². The number of rotatable bonds is 1. The summed E-state index contributed by atoms with van der Waals surface area (Å²) in [7, 11) is 0. The Hall–Kier alpha value is -0.760. The maximum atomic E-state index is 6.05. The van der Waals surface area contributed by atoms with Crippen LogP contribution < -0.4 is 4.90 Å². The van der Waals surface area contributed by atoms with Crippen LogP contribution in [0.2, 0.25) is 0 Å². The topological polar surface area (TPSA) is 16.1 Å². The molecule has 3 heteroatoms. The number of aryl methyl sites for hydroxylation is 1. The maximum Gasteiger partial charge on any atom is 0.128 e. The van der Waals surface area contributed by atoms with E-state index in [1.807, 2.05) is 6.20 Å². The first-order valence-corrected chi connectivity index (χ1v) is 5.51. The molecule has 1 aromatic heterocycles. The van der Waals surface area contributed by atoms with E-state index in [0.29, 0.717) is 5.38 Å². The van der Waals surface area contributed by atoms with Crippen LogP contribution in [0.15, 0.2) is 18.3 Å². The van der Waals surface area contributed by atoms with Crippen molar-refractivity contribution in [2.45, 2.75) is 25.1 Å². The molecule has 0 atom stereocenters. The minimum atomic E-state index is 0.358. The van der Waals surface area contributed by atoms with E-state index >= 15 is 0 Å². The lowest BCUT2D eigenvalue weighted by Crippen LogP contribution is -2.34. The first-order chi connectivity index (χ1) is 6.75. The molecule has 1 aliphatic rings. The number of halogens is 1. The van der Waals surface area contributed by atoms with Crippen molar-refractivity contribution in [2.24, 2.45) is 0 Å². The molecule has 2 rings (SSSR count). The zero-order valence-electron chi connectivity index (χ0n) is 8.41. The van der Waals surface area contributed by atoms with E-state index in [1.165, 1.54) is 5.56 Å². The van der Waals surface area contributed by atoms with E-state index in [2.05, 4.69) is 28.9 Å². The molecular weight excluding hydrogens is 196 g/mol. The van der Waals surface area contributed by atoms with Crippen LogP contribution in [0.3, 0.4) is 0 Å². The van der Waals surface area contributed by atoms with Gasteiger partial charge in [-0.15, -0.1) is 11.6 Å². The van der Waals surface area contributed by atoms with Crippen LogP contribution in [0.5, 0.6) is 0 Å². The van der Waals surface area contributed by atoms with E-state index in [0.717, 1.165) is 31.7 Å². The van der Waals surface area contributed by atoms with Gasteiger partial charge in [0.05, 0.1) is 0 Å². The van der Waals surface area contributed by atoms with Crippen molar-refractivity contribution in [1.29, 1.82) is 0 Å². The molecule has 2 nitrogen and oxygen atoms in total. The second-order valence-electron chi connectivity index (χ2n) is 3.86. The van der Waals surface area contributed by atoms with Crippen molar-refractivity contribution in [3.63, 3.8) is 0 Å². The number of anilines is 1. The lowest BCUT2D eigenvalue weighted by atomic mass is 10.1. The van der Waals surface area contributed by atoms with Crippen molar-refractivity contribution in [3.05, 3.63) is 23.9 Å². The van der Waals surface area contributed by atoms with Crippen LogP contribution in [0.1, 0.15) is 18.4 Å².